The number of aliphatic imine (C=N–C) groups is 1. The van der Waals surface area contributed by atoms with Gasteiger partial charge in [-0.05, 0) is 17.2 Å². The third-order valence-corrected chi connectivity index (χ3v) is 3.46. The van der Waals surface area contributed by atoms with Crippen LogP contribution < -0.4 is 5.73 Å². The lowest BCUT2D eigenvalue weighted by molar-refractivity contribution is -0.113. The number of primary amides is 1. The maximum absolute atomic E-state index is 11.6. The van der Waals surface area contributed by atoms with Crippen LogP contribution in [0.3, 0.4) is 0 Å². The second kappa shape index (κ2) is 6.41. The zero-order valence-corrected chi connectivity index (χ0v) is 12.1. The average Bonchev–Trinajstić information content (AvgIpc) is 2.55. The molecule has 3 rings (SSSR count). The van der Waals surface area contributed by atoms with Gasteiger partial charge >= 0.3 is 0 Å². The molecule has 1 aliphatic heterocycles. The quantitative estimate of drug-likeness (QED) is 0.919. The van der Waals surface area contributed by atoms with Gasteiger partial charge in [0.1, 0.15) is 6.73 Å². The number of benzene rings is 2. The van der Waals surface area contributed by atoms with Crippen molar-refractivity contribution in [3.8, 4) is 0 Å². The van der Waals surface area contributed by atoms with E-state index in [-0.39, 0.29) is 12.6 Å². The van der Waals surface area contributed by atoms with E-state index in [9.17, 15) is 4.79 Å². The summed E-state index contributed by atoms with van der Waals surface area (Å²) < 4.78 is 5.69. The Bertz CT molecular complexity index is 698. The Morgan fingerprint density at radius 2 is 1.86 bits per heavy atom. The zero-order chi connectivity index (χ0) is 15.4. The van der Waals surface area contributed by atoms with Crippen molar-refractivity contribution in [1.82, 2.24) is 4.90 Å². The van der Waals surface area contributed by atoms with Crippen molar-refractivity contribution in [3.63, 3.8) is 0 Å². The summed E-state index contributed by atoms with van der Waals surface area (Å²) in [4.78, 5) is 17.7. The van der Waals surface area contributed by atoms with E-state index >= 15 is 0 Å². The molecule has 0 radical (unpaired) electrons. The van der Waals surface area contributed by atoms with Crippen LogP contribution in [0.4, 0.5) is 5.69 Å². The highest BCUT2D eigenvalue weighted by molar-refractivity contribution is 6.37. The fourth-order valence-corrected chi connectivity index (χ4v) is 2.38. The van der Waals surface area contributed by atoms with Crippen LogP contribution in [0, 0.1) is 0 Å². The maximum Gasteiger partial charge on any atom is 0.284 e. The van der Waals surface area contributed by atoms with Gasteiger partial charge in [0.15, 0.2) is 5.84 Å². The van der Waals surface area contributed by atoms with Crippen molar-refractivity contribution in [3.05, 3.63) is 65.7 Å². The summed E-state index contributed by atoms with van der Waals surface area (Å²) in [6.07, 6.45) is 0. The predicted octanol–water partition coefficient (Wildman–Crippen LogP) is 2.19. The number of para-hydroxylation sites is 1. The summed E-state index contributed by atoms with van der Waals surface area (Å²) in [5, 5.41) is 0. The van der Waals surface area contributed by atoms with Gasteiger partial charge < -0.3 is 15.4 Å². The van der Waals surface area contributed by atoms with Crippen molar-refractivity contribution in [2.45, 2.75) is 13.2 Å². The standard InChI is InChI=1S/C17H17N3O2/c18-16(21)17-19-15-9-5-4-8-14(15)10-20(17)12-22-11-13-6-2-1-3-7-13/h1-9H,10-12H2,(H2,18,21). The van der Waals surface area contributed by atoms with Crippen LogP contribution in [0.5, 0.6) is 0 Å². The fourth-order valence-electron chi connectivity index (χ4n) is 2.38. The van der Waals surface area contributed by atoms with Crippen LogP contribution in [0.25, 0.3) is 0 Å². The normalized spacial score (nSPS) is 13.5. The predicted molar refractivity (Wildman–Crippen MR) is 84.4 cm³/mol. The molecular formula is C17H17N3O2. The molecule has 5 nitrogen and oxygen atoms in total. The highest BCUT2D eigenvalue weighted by Gasteiger charge is 2.23. The maximum atomic E-state index is 11.6. The molecule has 22 heavy (non-hydrogen) atoms. The van der Waals surface area contributed by atoms with Gasteiger partial charge in [0, 0.05) is 6.54 Å². The third kappa shape index (κ3) is 3.15. The van der Waals surface area contributed by atoms with Crippen molar-refractivity contribution in [2.75, 3.05) is 6.73 Å². The minimum absolute atomic E-state index is 0.242. The van der Waals surface area contributed by atoms with E-state index in [1.54, 1.807) is 4.90 Å². The molecule has 0 bridgehead atoms. The number of nitrogens with two attached hydrogens (primary N) is 1. The SMILES string of the molecule is NC(=O)C1=Nc2ccccc2CN1COCc1ccccc1. The van der Waals surface area contributed by atoms with Crippen LogP contribution in [0.2, 0.25) is 0 Å². The summed E-state index contributed by atoms with van der Waals surface area (Å²) in [7, 11) is 0. The highest BCUT2D eigenvalue weighted by Crippen LogP contribution is 2.25. The summed E-state index contributed by atoms with van der Waals surface area (Å²) in [5.74, 6) is -0.301. The van der Waals surface area contributed by atoms with Gasteiger partial charge in [-0.2, -0.15) is 0 Å². The molecule has 2 N–H and O–H groups in total. The fraction of sp³-hybridized carbons (Fsp3) is 0.176. The average molecular weight is 295 g/mol. The molecule has 0 atom stereocenters. The number of nitrogens with zero attached hydrogens (tertiary/aromatic N) is 2. The Labute approximate surface area is 129 Å². The molecule has 112 valence electrons. The number of hydrogen-bond acceptors (Lipinski definition) is 4. The lowest BCUT2D eigenvalue weighted by Crippen LogP contribution is -2.42. The molecule has 2 aromatic rings. The second-order valence-electron chi connectivity index (χ2n) is 5.09. The monoisotopic (exact) mass is 295 g/mol. The number of carbonyl (C=O) groups is 1. The lowest BCUT2D eigenvalue weighted by atomic mass is 10.1. The molecule has 0 unspecified atom stereocenters. The third-order valence-electron chi connectivity index (χ3n) is 3.46. The molecule has 1 heterocycles. The zero-order valence-electron chi connectivity index (χ0n) is 12.1. The molecule has 0 aromatic heterocycles. The summed E-state index contributed by atoms with van der Waals surface area (Å²) in [5.41, 5.74) is 8.35. The highest BCUT2D eigenvalue weighted by atomic mass is 16.5. The second-order valence-corrected chi connectivity index (χ2v) is 5.09. The lowest BCUT2D eigenvalue weighted by Gasteiger charge is -2.28. The van der Waals surface area contributed by atoms with Gasteiger partial charge in [-0.25, -0.2) is 4.99 Å². The van der Waals surface area contributed by atoms with Crippen molar-refractivity contribution < 1.29 is 9.53 Å². The number of hydrogen-bond donors (Lipinski definition) is 1. The Morgan fingerprint density at radius 1 is 1.14 bits per heavy atom. The largest absolute Gasteiger partial charge is 0.363 e. The molecule has 1 amide bonds. The van der Waals surface area contributed by atoms with E-state index in [0.29, 0.717) is 13.2 Å². The molecule has 1 aliphatic rings. The number of rotatable bonds is 5. The number of amides is 1. The van der Waals surface area contributed by atoms with Crippen LogP contribution in [0.1, 0.15) is 11.1 Å². The summed E-state index contributed by atoms with van der Waals surface area (Å²) >= 11 is 0. The van der Waals surface area contributed by atoms with Crippen molar-refractivity contribution in [1.29, 1.82) is 0 Å². The summed E-state index contributed by atoms with van der Waals surface area (Å²) in [6.45, 7) is 1.31. The smallest absolute Gasteiger partial charge is 0.284 e. The van der Waals surface area contributed by atoms with E-state index in [4.69, 9.17) is 10.5 Å². The first-order valence-corrected chi connectivity index (χ1v) is 7.07. The van der Waals surface area contributed by atoms with Gasteiger partial charge in [0.05, 0.1) is 12.3 Å². The van der Waals surface area contributed by atoms with E-state index in [2.05, 4.69) is 4.99 Å². The first kappa shape index (κ1) is 14.3. The van der Waals surface area contributed by atoms with Gasteiger partial charge in [0.2, 0.25) is 0 Å². The van der Waals surface area contributed by atoms with Gasteiger partial charge in [-0.3, -0.25) is 4.79 Å². The number of fused-ring (bicyclic) bond motifs is 1. The van der Waals surface area contributed by atoms with E-state index in [1.165, 1.54) is 0 Å². The minimum Gasteiger partial charge on any atom is -0.363 e. The first-order valence-electron chi connectivity index (χ1n) is 7.07. The van der Waals surface area contributed by atoms with Crippen molar-refractivity contribution >= 4 is 17.4 Å². The van der Waals surface area contributed by atoms with Crippen LogP contribution in [-0.4, -0.2) is 23.4 Å². The Hall–Kier alpha value is -2.66. The van der Waals surface area contributed by atoms with E-state index in [1.807, 2.05) is 54.6 Å². The van der Waals surface area contributed by atoms with E-state index in [0.717, 1.165) is 16.8 Å². The van der Waals surface area contributed by atoms with Gasteiger partial charge in [-0.1, -0.05) is 48.5 Å². The Kier molecular flexibility index (Phi) is 4.16. The van der Waals surface area contributed by atoms with Gasteiger partial charge in [-0.15, -0.1) is 0 Å². The van der Waals surface area contributed by atoms with Gasteiger partial charge in [0.25, 0.3) is 5.91 Å². The topological polar surface area (TPSA) is 67.9 Å². The van der Waals surface area contributed by atoms with Crippen molar-refractivity contribution in [2.24, 2.45) is 10.7 Å². The number of amidine groups is 1. The molecule has 0 fully saturated rings. The number of ether oxygens (including phenoxy) is 1. The Balaban J connectivity index is 1.69. The minimum atomic E-state index is -0.544. The molecule has 5 heteroatoms. The molecule has 2 aromatic carbocycles. The Morgan fingerprint density at radius 3 is 2.64 bits per heavy atom. The first-order chi connectivity index (χ1) is 10.7. The molecule has 0 aliphatic carbocycles. The van der Waals surface area contributed by atoms with Crippen LogP contribution in [-0.2, 0) is 22.7 Å². The van der Waals surface area contributed by atoms with E-state index < -0.39 is 5.91 Å². The molecule has 0 saturated carbocycles. The van der Waals surface area contributed by atoms with Crippen LogP contribution in [0.15, 0.2) is 59.6 Å². The number of carbonyl (C=O) groups excluding carboxylic acids is 1. The molecule has 0 spiro atoms. The molecular weight excluding hydrogens is 278 g/mol. The molecule has 0 saturated heterocycles. The van der Waals surface area contributed by atoms with Crippen LogP contribution >= 0.6 is 0 Å². The summed E-state index contributed by atoms with van der Waals surface area (Å²) in [6, 6.07) is 17.6.